The molecular formula is C16H20O2. The molecule has 96 valence electrons. The van der Waals surface area contributed by atoms with E-state index in [1.54, 1.807) is 0 Å². The summed E-state index contributed by atoms with van der Waals surface area (Å²) in [5, 5.41) is 9.83. The quantitative estimate of drug-likeness (QED) is 0.879. The Morgan fingerprint density at radius 3 is 2.06 bits per heavy atom. The average molecular weight is 244 g/mol. The number of aliphatic carboxylic acids is 1. The van der Waals surface area contributed by atoms with Crippen LogP contribution in [0.2, 0.25) is 0 Å². The predicted molar refractivity (Wildman–Crippen MR) is 70.5 cm³/mol. The summed E-state index contributed by atoms with van der Waals surface area (Å²) >= 11 is 0. The van der Waals surface area contributed by atoms with Crippen molar-refractivity contribution >= 4 is 5.97 Å². The van der Waals surface area contributed by atoms with Gasteiger partial charge in [0.1, 0.15) is 0 Å². The van der Waals surface area contributed by atoms with Crippen LogP contribution in [0.3, 0.4) is 0 Å². The summed E-state index contributed by atoms with van der Waals surface area (Å²) in [6, 6.07) is 10.3. The van der Waals surface area contributed by atoms with Gasteiger partial charge < -0.3 is 5.11 Å². The summed E-state index contributed by atoms with van der Waals surface area (Å²) in [7, 11) is 0. The SMILES string of the molecule is O=C(O)C1(C2(c3ccccc3)CC2)CCCCC1. The molecule has 3 rings (SSSR count). The van der Waals surface area contributed by atoms with E-state index in [1.807, 2.05) is 18.2 Å². The van der Waals surface area contributed by atoms with Crippen molar-refractivity contribution < 1.29 is 9.90 Å². The molecule has 18 heavy (non-hydrogen) atoms. The Balaban J connectivity index is 2.03. The van der Waals surface area contributed by atoms with Gasteiger partial charge in [-0.3, -0.25) is 4.79 Å². The maximum atomic E-state index is 11.9. The Hall–Kier alpha value is -1.31. The van der Waals surface area contributed by atoms with Crippen LogP contribution in [-0.4, -0.2) is 11.1 Å². The lowest BCUT2D eigenvalue weighted by atomic mass is 9.61. The van der Waals surface area contributed by atoms with Crippen LogP contribution in [0.25, 0.3) is 0 Å². The van der Waals surface area contributed by atoms with Crippen LogP contribution in [-0.2, 0) is 10.2 Å². The molecule has 0 unspecified atom stereocenters. The number of hydrogen-bond donors (Lipinski definition) is 1. The second kappa shape index (κ2) is 4.11. The van der Waals surface area contributed by atoms with Gasteiger partial charge in [-0.1, -0.05) is 49.6 Å². The molecule has 1 aromatic rings. The van der Waals surface area contributed by atoms with Crippen LogP contribution in [0.5, 0.6) is 0 Å². The number of carbonyl (C=O) groups is 1. The highest BCUT2D eigenvalue weighted by molar-refractivity contribution is 5.78. The van der Waals surface area contributed by atoms with E-state index in [1.165, 1.54) is 12.0 Å². The van der Waals surface area contributed by atoms with Crippen LogP contribution < -0.4 is 0 Å². The second-order valence-electron chi connectivity index (χ2n) is 5.90. The van der Waals surface area contributed by atoms with E-state index >= 15 is 0 Å². The predicted octanol–water partition coefficient (Wildman–Crippen LogP) is 3.75. The third-order valence-corrected chi connectivity index (χ3v) is 5.11. The summed E-state index contributed by atoms with van der Waals surface area (Å²) < 4.78 is 0. The third kappa shape index (κ3) is 1.51. The summed E-state index contributed by atoms with van der Waals surface area (Å²) in [4.78, 5) is 11.9. The molecule has 2 aliphatic carbocycles. The molecule has 0 bridgehead atoms. The summed E-state index contributed by atoms with van der Waals surface area (Å²) in [5.41, 5.74) is 0.682. The van der Waals surface area contributed by atoms with E-state index in [0.29, 0.717) is 0 Å². The molecule has 0 amide bonds. The average Bonchev–Trinajstić information content (AvgIpc) is 3.22. The fourth-order valence-corrected chi connectivity index (χ4v) is 3.98. The second-order valence-corrected chi connectivity index (χ2v) is 5.90. The first kappa shape index (κ1) is 11.8. The van der Waals surface area contributed by atoms with E-state index in [2.05, 4.69) is 12.1 Å². The lowest BCUT2D eigenvalue weighted by Gasteiger charge is -2.41. The third-order valence-electron chi connectivity index (χ3n) is 5.11. The minimum absolute atomic E-state index is 0.0689. The molecule has 0 radical (unpaired) electrons. The molecule has 2 nitrogen and oxygen atoms in total. The summed E-state index contributed by atoms with van der Waals surface area (Å²) in [6.07, 6.45) is 7.14. The van der Waals surface area contributed by atoms with Gasteiger partial charge in [-0.15, -0.1) is 0 Å². The highest BCUT2D eigenvalue weighted by Gasteiger charge is 2.63. The molecule has 2 heteroatoms. The minimum atomic E-state index is -0.566. The van der Waals surface area contributed by atoms with Gasteiger partial charge in [-0.2, -0.15) is 0 Å². The van der Waals surface area contributed by atoms with Gasteiger partial charge in [-0.05, 0) is 31.2 Å². The van der Waals surface area contributed by atoms with Crippen LogP contribution in [0.1, 0.15) is 50.5 Å². The van der Waals surface area contributed by atoms with E-state index < -0.39 is 11.4 Å². The first-order valence-corrected chi connectivity index (χ1v) is 7.00. The number of carboxylic acid groups (broad SMARTS) is 1. The molecule has 0 aromatic heterocycles. The van der Waals surface area contributed by atoms with Gasteiger partial charge in [0.25, 0.3) is 0 Å². The van der Waals surface area contributed by atoms with Crippen molar-refractivity contribution in [2.24, 2.45) is 5.41 Å². The number of benzene rings is 1. The Kier molecular flexibility index (Phi) is 2.69. The molecule has 2 fully saturated rings. The summed E-state index contributed by atoms with van der Waals surface area (Å²) in [5.74, 6) is -0.566. The van der Waals surface area contributed by atoms with Crippen molar-refractivity contribution in [2.75, 3.05) is 0 Å². The van der Waals surface area contributed by atoms with E-state index in [-0.39, 0.29) is 5.41 Å². The number of rotatable bonds is 3. The van der Waals surface area contributed by atoms with Crippen LogP contribution in [0.4, 0.5) is 0 Å². The molecule has 1 N–H and O–H groups in total. The van der Waals surface area contributed by atoms with Crippen LogP contribution in [0.15, 0.2) is 30.3 Å². The molecule has 0 aliphatic heterocycles. The largest absolute Gasteiger partial charge is 0.481 e. The molecule has 1 aromatic carbocycles. The van der Waals surface area contributed by atoms with Crippen molar-refractivity contribution in [3.05, 3.63) is 35.9 Å². The van der Waals surface area contributed by atoms with Gasteiger partial charge in [-0.25, -0.2) is 0 Å². The molecule has 0 heterocycles. The highest BCUT2D eigenvalue weighted by atomic mass is 16.4. The van der Waals surface area contributed by atoms with Gasteiger partial charge in [0.05, 0.1) is 5.41 Å². The van der Waals surface area contributed by atoms with E-state index in [9.17, 15) is 9.90 Å². The Labute approximate surface area is 108 Å². The first-order valence-electron chi connectivity index (χ1n) is 7.00. The van der Waals surface area contributed by atoms with Crippen LogP contribution in [0, 0.1) is 5.41 Å². The zero-order valence-electron chi connectivity index (χ0n) is 10.7. The molecule has 2 saturated carbocycles. The van der Waals surface area contributed by atoms with Gasteiger partial charge in [0, 0.05) is 5.41 Å². The number of hydrogen-bond acceptors (Lipinski definition) is 1. The van der Waals surface area contributed by atoms with E-state index in [4.69, 9.17) is 0 Å². The molecular weight excluding hydrogens is 224 g/mol. The number of carboxylic acids is 1. The maximum absolute atomic E-state index is 11.9. The molecule has 2 aliphatic rings. The van der Waals surface area contributed by atoms with Crippen molar-refractivity contribution in [1.29, 1.82) is 0 Å². The normalized spacial score (nSPS) is 24.4. The van der Waals surface area contributed by atoms with Crippen molar-refractivity contribution in [1.82, 2.24) is 0 Å². The van der Waals surface area contributed by atoms with Gasteiger partial charge in [0.2, 0.25) is 0 Å². The van der Waals surface area contributed by atoms with Gasteiger partial charge in [0.15, 0.2) is 0 Å². The standard InChI is InChI=1S/C16H20O2/c17-14(18)16(9-5-2-6-10-16)15(11-12-15)13-7-3-1-4-8-13/h1,3-4,7-8H,2,5-6,9-12H2,(H,17,18). The minimum Gasteiger partial charge on any atom is -0.481 e. The zero-order valence-corrected chi connectivity index (χ0v) is 10.7. The Morgan fingerprint density at radius 1 is 0.944 bits per heavy atom. The Bertz CT molecular complexity index is 439. The summed E-state index contributed by atoms with van der Waals surface area (Å²) in [6.45, 7) is 0. The highest BCUT2D eigenvalue weighted by Crippen LogP contribution is 2.64. The zero-order chi connectivity index (χ0) is 12.6. The molecule has 0 atom stereocenters. The smallest absolute Gasteiger partial charge is 0.310 e. The monoisotopic (exact) mass is 244 g/mol. The lowest BCUT2D eigenvalue weighted by Crippen LogP contribution is -2.44. The molecule has 0 saturated heterocycles. The first-order chi connectivity index (χ1) is 8.71. The van der Waals surface area contributed by atoms with Crippen LogP contribution >= 0.6 is 0 Å². The van der Waals surface area contributed by atoms with E-state index in [0.717, 1.165) is 38.5 Å². The fraction of sp³-hybridized carbons (Fsp3) is 0.562. The van der Waals surface area contributed by atoms with Crippen molar-refractivity contribution in [3.8, 4) is 0 Å². The maximum Gasteiger partial charge on any atom is 0.310 e. The van der Waals surface area contributed by atoms with Crippen molar-refractivity contribution in [3.63, 3.8) is 0 Å². The lowest BCUT2D eigenvalue weighted by molar-refractivity contribution is -0.154. The van der Waals surface area contributed by atoms with Crippen molar-refractivity contribution in [2.45, 2.75) is 50.4 Å². The fourth-order valence-electron chi connectivity index (χ4n) is 3.98. The Morgan fingerprint density at radius 2 is 1.56 bits per heavy atom. The van der Waals surface area contributed by atoms with Gasteiger partial charge >= 0.3 is 5.97 Å². The topological polar surface area (TPSA) is 37.3 Å². The molecule has 0 spiro atoms.